The number of hydrogen-bond donors (Lipinski definition) is 0. The van der Waals surface area contributed by atoms with Gasteiger partial charge in [-0.25, -0.2) is 0 Å². The minimum Gasteiger partial charge on any atom is -0.506 e. The van der Waals surface area contributed by atoms with Crippen LogP contribution in [0.5, 0.6) is 23.0 Å². The molecule has 7 heteroatoms. The Morgan fingerprint density at radius 3 is 1.30 bits per heavy atom. The summed E-state index contributed by atoms with van der Waals surface area (Å²) in [7, 11) is -3.45. The summed E-state index contributed by atoms with van der Waals surface area (Å²) in [5, 5.41) is 1.80. The van der Waals surface area contributed by atoms with Crippen molar-refractivity contribution in [2.45, 2.75) is 26.7 Å². The van der Waals surface area contributed by atoms with Crippen molar-refractivity contribution in [1.29, 1.82) is 0 Å². The third-order valence-corrected chi connectivity index (χ3v) is 9.82. The Morgan fingerprint density at radius 2 is 0.930 bits per heavy atom. The van der Waals surface area contributed by atoms with Gasteiger partial charge in [-0.05, 0) is 49.3 Å². The highest BCUT2D eigenvalue weighted by molar-refractivity contribution is 6.93. The highest BCUT2D eigenvalue weighted by atomic mass is 28.4. The fraction of sp³-hybridized carbons (Fsp3) is 0.167. The monoisotopic (exact) mass is 592 g/mol. The Balaban J connectivity index is 1.67. The van der Waals surface area contributed by atoms with Crippen molar-refractivity contribution >= 4 is 30.5 Å². The van der Waals surface area contributed by atoms with E-state index in [0.29, 0.717) is 34.1 Å². The molecule has 0 aliphatic rings. The highest BCUT2D eigenvalue weighted by Gasteiger charge is 2.47. The number of hydrogen-bond acceptors (Lipinski definition) is 6. The van der Waals surface area contributed by atoms with E-state index >= 15 is 0 Å². The number of ketones is 2. The van der Waals surface area contributed by atoms with E-state index < -0.39 is 8.56 Å². The predicted octanol–water partition coefficient (Wildman–Crippen LogP) is 6.23. The minimum absolute atomic E-state index is 0.0333. The summed E-state index contributed by atoms with van der Waals surface area (Å²) in [6, 6.07) is 34.5. The molecule has 4 rings (SSSR count). The van der Waals surface area contributed by atoms with Crippen molar-refractivity contribution in [2.75, 3.05) is 13.2 Å². The first kappa shape index (κ1) is 31.1. The zero-order valence-corrected chi connectivity index (χ0v) is 25.6. The Morgan fingerprint density at radius 1 is 0.558 bits per heavy atom. The first-order chi connectivity index (χ1) is 20.8. The molecule has 0 spiro atoms. The molecule has 0 bridgehead atoms. The normalized spacial score (nSPS) is 10.8. The third kappa shape index (κ3) is 8.56. The van der Waals surface area contributed by atoms with Crippen LogP contribution >= 0.6 is 0 Å². The zero-order chi connectivity index (χ0) is 30.7. The van der Waals surface area contributed by atoms with Crippen LogP contribution in [0.1, 0.15) is 26.7 Å². The van der Waals surface area contributed by atoms with Crippen molar-refractivity contribution in [3.63, 3.8) is 0 Å². The van der Waals surface area contributed by atoms with E-state index in [0.717, 1.165) is 10.4 Å². The fourth-order valence-electron chi connectivity index (χ4n) is 4.28. The average Bonchev–Trinajstić information content (AvgIpc) is 3.02. The topological polar surface area (TPSA) is 71.1 Å². The second-order valence-corrected chi connectivity index (χ2v) is 12.9. The van der Waals surface area contributed by atoms with Crippen LogP contribution in [0, 0.1) is 0 Å². The number of allylic oxidation sites excluding steroid dienone is 2. The van der Waals surface area contributed by atoms with Crippen LogP contribution in [-0.2, 0) is 9.59 Å². The molecule has 0 fully saturated rings. The van der Waals surface area contributed by atoms with Gasteiger partial charge in [-0.3, -0.25) is 9.59 Å². The molecule has 0 heterocycles. The van der Waals surface area contributed by atoms with Crippen LogP contribution in [-0.4, -0.2) is 33.3 Å². The van der Waals surface area contributed by atoms with E-state index in [1.54, 1.807) is 26.0 Å². The first-order valence-electron chi connectivity index (χ1n) is 14.1. The molecule has 0 saturated heterocycles. The van der Waals surface area contributed by atoms with E-state index in [-0.39, 0.29) is 37.6 Å². The Kier molecular flexibility index (Phi) is 10.7. The van der Waals surface area contributed by atoms with Gasteiger partial charge in [0.25, 0.3) is 0 Å². The van der Waals surface area contributed by atoms with E-state index in [4.69, 9.17) is 18.3 Å². The van der Waals surface area contributed by atoms with Gasteiger partial charge in [-0.1, -0.05) is 86.0 Å². The van der Waals surface area contributed by atoms with E-state index in [1.165, 1.54) is 0 Å². The van der Waals surface area contributed by atoms with Gasteiger partial charge in [-0.15, -0.1) is 0 Å². The lowest BCUT2D eigenvalue weighted by molar-refractivity contribution is -0.116. The maximum atomic E-state index is 12.0. The lowest BCUT2D eigenvalue weighted by Gasteiger charge is -2.32. The smallest absolute Gasteiger partial charge is 0.506 e. The van der Waals surface area contributed by atoms with Gasteiger partial charge < -0.3 is 18.3 Å². The van der Waals surface area contributed by atoms with Gasteiger partial charge in [0.15, 0.2) is 11.6 Å². The standard InChI is InChI=1S/C36H36O6Si/c1-27(2)35(37)21-23-39-29-13-11-15-31(25-29)41-43(33-17-7-5-8-18-33,34-19-9-6-10-20-34)42-32-16-12-14-30(26-32)40-24-22-36(38)28(3)4/h5-20,25-26H,1,3,21-24H2,2,4H3. The molecule has 0 aliphatic carbocycles. The molecule has 0 unspecified atom stereocenters. The largest absolute Gasteiger partial charge is 0.531 e. The summed E-state index contributed by atoms with van der Waals surface area (Å²) in [6.45, 7) is 11.3. The van der Waals surface area contributed by atoms with Crippen molar-refractivity contribution in [1.82, 2.24) is 0 Å². The third-order valence-electron chi connectivity index (χ3n) is 6.59. The number of Topliss-reactive ketones (excluding diaryl/α,β-unsaturated/α-hetero) is 2. The molecule has 0 N–H and O–H groups in total. The van der Waals surface area contributed by atoms with Crippen LogP contribution in [0.15, 0.2) is 133 Å². The van der Waals surface area contributed by atoms with E-state index in [9.17, 15) is 9.59 Å². The molecular weight excluding hydrogens is 556 g/mol. The average molecular weight is 593 g/mol. The molecule has 0 aromatic heterocycles. The first-order valence-corrected chi connectivity index (χ1v) is 15.9. The lowest BCUT2D eigenvalue weighted by atomic mass is 10.2. The SMILES string of the molecule is C=C(C)C(=O)CCOc1cccc(O[Si](Oc2cccc(OCCC(=O)C(=C)C)c2)(c2ccccc2)c2ccccc2)c1. The van der Waals surface area contributed by atoms with Crippen LogP contribution in [0.3, 0.4) is 0 Å². The molecule has 4 aromatic carbocycles. The highest BCUT2D eigenvalue weighted by Crippen LogP contribution is 2.27. The van der Waals surface area contributed by atoms with Crippen molar-refractivity contribution < 1.29 is 27.9 Å². The minimum atomic E-state index is -3.45. The van der Waals surface area contributed by atoms with Gasteiger partial charge >= 0.3 is 8.56 Å². The summed E-state index contributed by atoms with van der Waals surface area (Å²) in [6.07, 6.45) is 0.492. The molecular formula is C36H36O6Si. The molecule has 0 aliphatic heterocycles. The quantitative estimate of drug-likeness (QED) is 0.114. The second-order valence-electron chi connectivity index (χ2n) is 10.1. The van der Waals surface area contributed by atoms with Crippen LogP contribution < -0.4 is 28.7 Å². The molecule has 43 heavy (non-hydrogen) atoms. The molecule has 6 nitrogen and oxygen atoms in total. The van der Waals surface area contributed by atoms with Crippen LogP contribution in [0.2, 0.25) is 0 Å². The number of carbonyl (C=O) groups is 2. The Hall–Kier alpha value is -4.88. The number of rotatable bonds is 16. The maximum Gasteiger partial charge on any atom is 0.531 e. The number of ether oxygens (including phenoxy) is 2. The summed E-state index contributed by atoms with van der Waals surface area (Å²) in [5.74, 6) is 2.22. The predicted molar refractivity (Wildman–Crippen MR) is 172 cm³/mol. The fourth-order valence-corrected chi connectivity index (χ4v) is 7.30. The van der Waals surface area contributed by atoms with Gasteiger partial charge in [-0.2, -0.15) is 0 Å². The zero-order valence-electron chi connectivity index (χ0n) is 24.6. The van der Waals surface area contributed by atoms with Gasteiger partial charge in [0.2, 0.25) is 0 Å². The molecule has 0 atom stereocenters. The van der Waals surface area contributed by atoms with Gasteiger partial charge in [0, 0.05) is 35.3 Å². The Bertz CT molecular complexity index is 1450. The summed E-state index contributed by atoms with van der Waals surface area (Å²) in [4.78, 5) is 23.9. The number of benzene rings is 4. The van der Waals surface area contributed by atoms with Crippen molar-refractivity contribution in [3.8, 4) is 23.0 Å². The van der Waals surface area contributed by atoms with Crippen molar-refractivity contribution in [2.24, 2.45) is 0 Å². The van der Waals surface area contributed by atoms with Crippen molar-refractivity contribution in [3.05, 3.63) is 133 Å². The van der Waals surface area contributed by atoms with Gasteiger partial charge in [0.05, 0.1) is 13.2 Å². The lowest BCUT2D eigenvalue weighted by Crippen LogP contribution is -2.68. The van der Waals surface area contributed by atoms with E-state index in [1.807, 2.05) is 97.1 Å². The molecule has 4 aromatic rings. The molecule has 0 amide bonds. The maximum absolute atomic E-state index is 12.0. The van der Waals surface area contributed by atoms with Gasteiger partial charge in [0.1, 0.15) is 23.0 Å². The summed E-state index contributed by atoms with van der Waals surface area (Å²) < 4.78 is 25.6. The molecule has 220 valence electrons. The Labute approximate surface area is 254 Å². The van der Waals surface area contributed by atoms with E-state index in [2.05, 4.69) is 13.2 Å². The second kappa shape index (κ2) is 14.8. The summed E-state index contributed by atoms with van der Waals surface area (Å²) in [5.41, 5.74) is 1.02. The van der Waals surface area contributed by atoms with Crippen LogP contribution in [0.25, 0.3) is 0 Å². The molecule has 0 saturated carbocycles. The summed E-state index contributed by atoms with van der Waals surface area (Å²) >= 11 is 0. The van der Waals surface area contributed by atoms with Crippen LogP contribution in [0.4, 0.5) is 0 Å². The number of carbonyl (C=O) groups excluding carboxylic acids is 2. The molecule has 0 radical (unpaired) electrons.